The Balaban J connectivity index is 2.67. The minimum absolute atomic E-state index is 0.136. The van der Waals surface area contributed by atoms with E-state index in [2.05, 4.69) is 0 Å². The lowest BCUT2D eigenvalue weighted by atomic mass is 10.2. The van der Waals surface area contributed by atoms with Crippen LogP contribution in [0.1, 0.15) is 17.4 Å². The highest BCUT2D eigenvalue weighted by molar-refractivity contribution is 7.16. The SMILES string of the molecule is O=CCC(O)c1ccc(Cl)s1. The van der Waals surface area contributed by atoms with E-state index in [9.17, 15) is 9.90 Å². The maximum atomic E-state index is 10.0. The van der Waals surface area contributed by atoms with Crippen LogP contribution in [0.15, 0.2) is 12.1 Å². The van der Waals surface area contributed by atoms with Crippen molar-refractivity contribution in [3.8, 4) is 0 Å². The Kier molecular flexibility index (Phi) is 3.05. The van der Waals surface area contributed by atoms with Gasteiger partial charge in [0.25, 0.3) is 0 Å². The number of aldehydes is 1. The number of aliphatic hydroxyl groups is 1. The van der Waals surface area contributed by atoms with Gasteiger partial charge in [-0.25, -0.2) is 0 Å². The second-order valence-corrected chi connectivity index (χ2v) is 3.81. The number of hydrogen-bond donors (Lipinski definition) is 1. The highest BCUT2D eigenvalue weighted by Gasteiger charge is 2.08. The monoisotopic (exact) mass is 190 g/mol. The van der Waals surface area contributed by atoms with Crippen LogP contribution in [0.3, 0.4) is 0 Å². The highest BCUT2D eigenvalue weighted by Crippen LogP contribution is 2.27. The molecule has 0 fully saturated rings. The third kappa shape index (κ3) is 2.29. The van der Waals surface area contributed by atoms with Crippen molar-refractivity contribution in [2.75, 3.05) is 0 Å². The van der Waals surface area contributed by atoms with Gasteiger partial charge in [0.1, 0.15) is 6.29 Å². The summed E-state index contributed by atoms with van der Waals surface area (Å²) in [6.07, 6.45) is 0.139. The van der Waals surface area contributed by atoms with Crippen LogP contribution in [0.5, 0.6) is 0 Å². The third-order valence-electron chi connectivity index (χ3n) is 1.24. The molecule has 1 heterocycles. The summed E-state index contributed by atoms with van der Waals surface area (Å²) in [5.41, 5.74) is 0. The molecule has 1 aromatic heterocycles. The van der Waals surface area contributed by atoms with Gasteiger partial charge >= 0.3 is 0 Å². The molecule has 1 rings (SSSR count). The van der Waals surface area contributed by atoms with E-state index in [0.29, 0.717) is 10.6 Å². The van der Waals surface area contributed by atoms with Gasteiger partial charge in [0, 0.05) is 11.3 Å². The molecule has 0 saturated carbocycles. The van der Waals surface area contributed by atoms with Crippen LogP contribution in [-0.4, -0.2) is 11.4 Å². The molecule has 60 valence electrons. The average Bonchev–Trinajstić information content (AvgIpc) is 2.36. The third-order valence-corrected chi connectivity index (χ3v) is 2.57. The zero-order valence-corrected chi connectivity index (χ0v) is 7.23. The molecule has 0 aliphatic heterocycles. The number of carbonyl (C=O) groups excluding carboxylic acids is 1. The van der Waals surface area contributed by atoms with Gasteiger partial charge in [-0.2, -0.15) is 0 Å². The van der Waals surface area contributed by atoms with Gasteiger partial charge in [-0.05, 0) is 12.1 Å². The molecular weight excluding hydrogens is 184 g/mol. The van der Waals surface area contributed by atoms with Crippen LogP contribution in [0, 0.1) is 0 Å². The standard InChI is InChI=1S/C7H7ClO2S/c8-7-2-1-6(11-7)5(10)3-4-9/h1-2,4-5,10H,3H2. The van der Waals surface area contributed by atoms with E-state index in [0.717, 1.165) is 4.88 Å². The summed E-state index contributed by atoms with van der Waals surface area (Å²) in [6, 6.07) is 3.43. The number of thiophene rings is 1. The fourth-order valence-electron chi connectivity index (χ4n) is 0.715. The smallest absolute Gasteiger partial charge is 0.122 e. The first-order valence-electron chi connectivity index (χ1n) is 3.11. The van der Waals surface area contributed by atoms with Crippen molar-refractivity contribution in [1.29, 1.82) is 0 Å². The summed E-state index contributed by atoms with van der Waals surface area (Å²) in [5, 5.41) is 9.25. The largest absolute Gasteiger partial charge is 0.387 e. The minimum atomic E-state index is -0.690. The topological polar surface area (TPSA) is 37.3 Å². The normalized spacial score (nSPS) is 12.9. The summed E-state index contributed by atoms with van der Waals surface area (Å²) in [4.78, 5) is 10.7. The summed E-state index contributed by atoms with van der Waals surface area (Å²) < 4.78 is 0.630. The molecule has 1 aromatic rings. The average molecular weight is 191 g/mol. The Bertz CT molecular complexity index is 246. The second-order valence-electron chi connectivity index (χ2n) is 2.06. The van der Waals surface area contributed by atoms with Crippen LogP contribution in [0.25, 0.3) is 0 Å². The minimum Gasteiger partial charge on any atom is -0.387 e. The number of rotatable bonds is 3. The van der Waals surface area contributed by atoms with Gasteiger partial charge in [0.15, 0.2) is 0 Å². The molecule has 0 saturated heterocycles. The van der Waals surface area contributed by atoms with Crippen LogP contribution in [0.4, 0.5) is 0 Å². The highest BCUT2D eigenvalue weighted by atomic mass is 35.5. The zero-order valence-electron chi connectivity index (χ0n) is 5.66. The summed E-state index contributed by atoms with van der Waals surface area (Å²) in [7, 11) is 0. The van der Waals surface area contributed by atoms with Crippen molar-refractivity contribution >= 4 is 29.2 Å². The number of hydrogen-bond acceptors (Lipinski definition) is 3. The Hall–Kier alpha value is -0.380. The zero-order chi connectivity index (χ0) is 8.27. The fourth-order valence-corrected chi connectivity index (χ4v) is 1.77. The molecule has 1 N–H and O–H groups in total. The van der Waals surface area contributed by atoms with Crippen molar-refractivity contribution in [2.24, 2.45) is 0 Å². The first-order valence-corrected chi connectivity index (χ1v) is 4.30. The van der Waals surface area contributed by atoms with Gasteiger partial charge in [-0.1, -0.05) is 11.6 Å². The van der Waals surface area contributed by atoms with Crippen molar-refractivity contribution in [3.05, 3.63) is 21.3 Å². The van der Waals surface area contributed by atoms with Gasteiger partial charge in [0.05, 0.1) is 10.4 Å². The molecular formula is C7H7ClO2S. The molecule has 0 amide bonds. The first-order chi connectivity index (χ1) is 5.24. The molecule has 1 unspecified atom stereocenters. The Labute approximate surface area is 73.4 Å². The molecule has 11 heavy (non-hydrogen) atoms. The van der Waals surface area contributed by atoms with Gasteiger partial charge in [-0.3, -0.25) is 0 Å². The van der Waals surface area contributed by atoms with E-state index in [1.54, 1.807) is 12.1 Å². The van der Waals surface area contributed by atoms with E-state index in [-0.39, 0.29) is 6.42 Å². The first kappa shape index (κ1) is 8.71. The molecule has 0 aliphatic carbocycles. The van der Waals surface area contributed by atoms with Gasteiger partial charge < -0.3 is 9.90 Å². The second kappa shape index (κ2) is 3.85. The maximum Gasteiger partial charge on any atom is 0.122 e. The molecule has 0 radical (unpaired) electrons. The van der Waals surface area contributed by atoms with E-state index >= 15 is 0 Å². The molecule has 0 spiro atoms. The van der Waals surface area contributed by atoms with E-state index in [1.807, 2.05) is 0 Å². The predicted molar refractivity (Wildman–Crippen MR) is 45.0 cm³/mol. The summed E-state index contributed by atoms with van der Waals surface area (Å²) in [6.45, 7) is 0. The lowest BCUT2D eigenvalue weighted by Crippen LogP contribution is -1.93. The number of aliphatic hydroxyl groups excluding tert-OH is 1. The molecule has 0 aromatic carbocycles. The van der Waals surface area contributed by atoms with Gasteiger partial charge in [0.2, 0.25) is 0 Å². The lowest BCUT2D eigenvalue weighted by Gasteiger charge is -2.00. The molecule has 1 atom stereocenters. The van der Waals surface area contributed by atoms with Crippen molar-refractivity contribution in [1.82, 2.24) is 0 Å². The van der Waals surface area contributed by atoms with Crippen molar-refractivity contribution in [2.45, 2.75) is 12.5 Å². The van der Waals surface area contributed by atoms with Crippen LogP contribution >= 0.6 is 22.9 Å². The molecule has 0 aliphatic rings. The Morgan fingerprint density at radius 2 is 2.45 bits per heavy atom. The predicted octanol–water partition coefficient (Wildman–Crippen LogP) is 2.02. The molecule has 2 nitrogen and oxygen atoms in total. The van der Waals surface area contributed by atoms with E-state index in [1.165, 1.54) is 11.3 Å². The van der Waals surface area contributed by atoms with Crippen molar-refractivity contribution < 1.29 is 9.90 Å². The fraction of sp³-hybridized carbons (Fsp3) is 0.286. The quantitative estimate of drug-likeness (QED) is 0.741. The summed E-state index contributed by atoms with van der Waals surface area (Å²) >= 11 is 6.92. The van der Waals surface area contributed by atoms with Crippen molar-refractivity contribution in [3.63, 3.8) is 0 Å². The molecule has 0 bridgehead atoms. The number of halogens is 1. The van der Waals surface area contributed by atoms with E-state index in [4.69, 9.17) is 11.6 Å². The molecule has 4 heteroatoms. The van der Waals surface area contributed by atoms with Gasteiger partial charge in [-0.15, -0.1) is 11.3 Å². The Morgan fingerprint density at radius 3 is 2.91 bits per heavy atom. The van der Waals surface area contributed by atoms with Crippen LogP contribution in [0.2, 0.25) is 4.34 Å². The maximum absolute atomic E-state index is 10.0. The van der Waals surface area contributed by atoms with Crippen LogP contribution in [-0.2, 0) is 4.79 Å². The summed E-state index contributed by atoms with van der Waals surface area (Å²) in [5.74, 6) is 0. The van der Waals surface area contributed by atoms with Crippen LogP contribution < -0.4 is 0 Å². The lowest BCUT2D eigenvalue weighted by molar-refractivity contribution is -0.109. The Morgan fingerprint density at radius 1 is 1.73 bits per heavy atom. The van der Waals surface area contributed by atoms with E-state index < -0.39 is 6.10 Å². The number of carbonyl (C=O) groups is 1.